The second kappa shape index (κ2) is 7.13. The van der Waals surface area contributed by atoms with Gasteiger partial charge in [-0.2, -0.15) is 10.3 Å². The van der Waals surface area contributed by atoms with Gasteiger partial charge in [-0.3, -0.25) is 10.3 Å². The van der Waals surface area contributed by atoms with Crippen molar-refractivity contribution < 1.29 is 0 Å². The molecule has 0 saturated carbocycles. The Morgan fingerprint density at radius 1 is 1.34 bits per heavy atom. The molecule has 2 heterocycles. The number of aliphatic imine (C=N–C) groups is 2. The van der Waals surface area contributed by atoms with Crippen molar-refractivity contribution in [2.75, 3.05) is 6.54 Å². The summed E-state index contributed by atoms with van der Waals surface area (Å²) < 4.78 is 0. The highest BCUT2D eigenvalue weighted by Crippen LogP contribution is 2.43. The first-order valence-corrected chi connectivity index (χ1v) is 10.3. The number of fused-ring (bicyclic) bond motifs is 2. The summed E-state index contributed by atoms with van der Waals surface area (Å²) in [6.45, 7) is 3.01. The first-order valence-electron chi connectivity index (χ1n) is 10.3. The number of nitrogens with zero attached hydrogens (tertiary/aromatic N) is 4. The molecule has 0 aromatic heterocycles. The maximum atomic E-state index is 9.55. The number of rotatable bonds is 3. The van der Waals surface area contributed by atoms with E-state index in [1.165, 1.54) is 16.8 Å². The molecule has 0 bridgehead atoms. The second-order valence-corrected chi connectivity index (χ2v) is 7.93. The van der Waals surface area contributed by atoms with Crippen LogP contribution in [0.5, 0.6) is 0 Å². The Bertz CT molecular complexity index is 1020. The van der Waals surface area contributed by atoms with Crippen molar-refractivity contribution in [3.05, 3.63) is 71.8 Å². The largest absolute Gasteiger partial charge is 0.332 e. The van der Waals surface area contributed by atoms with Gasteiger partial charge in [0, 0.05) is 18.7 Å². The molecule has 1 fully saturated rings. The Morgan fingerprint density at radius 3 is 3.03 bits per heavy atom. The zero-order chi connectivity index (χ0) is 19.8. The van der Waals surface area contributed by atoms with Gasteiger partial charge in [-0.05, 0) is 42.5 Å². The van der Waals surface area contributed by atoms with Gasteiger partial charge in [0.05, 0.1) is 17.2 Å². The SMILES string of the molecule is CCC1(C2N=C3C=CC=CC3N2)[CH]CCN(C2=Cc3ccccc3C2)C1=NC#N. The molecule has 2 aliphatic heterocycles. The van der Waals surface area contributed by atoms with Gasteiger partial charge in [0.1, 0.15) is 12.0 Å². The number of nitrogens with one attached hydrogen (secondary N) is 1. The summed E-state index contributed by atoms with van der Waals surface area (Å²) in [5, 5.41) is 13.2. The van der Waals surface area contributed by atoms with E-state index in [0.29, 0.717) is 0 Å². The van der Waals surface area contributed by atoms with Gasteiger partial charge in [-0.1, -0.05) is 49.4 Å². The van der Waals surface area contributed by atoms with Gasteiger partial charge in [-0.25, -0.2) is 0 Å². The lowest BCUT2D eigenvalue weighted by Gasteiger charge is -2.46. The molecular formula is C24H24N5. The van der Waals surface area contributed by atoms with Gasteiger partial charge in [0.15, 0.2) is 0 Å². The minimum Gasteiger partial charge on any atom is -0.332 e. The van der Waals surface area contributed by atoms with Crippen LogP contribution >= 0.6 is 0 Å². The molecule has 1 radical (unpaired) electrons. The van der Waals surface area contributed by atoms with Gasteiger partial charge in [0.25, 0.3) is 0 Å². The molecule has 3 atom stereocenters. The molecule has 0 spiro atoms. The Hall–Kier alpha value is -2.97. The molecule has 2 aliphatic carbocycles. The van der Waals surface area contributed by atoms with Gasteiger partial charge in [-0.15, -0.1) is 0 Å². The normalized spacial score (nSPS) is 31.3. The van der Waals surface area contributed by atoms with Crippen LogP contribution in [0.15, 0.2) is 64.3 Å². The summed E-state index contributed by atoms with van der Waals surface area (Å²) in [6.07, 6.45) is 17.5. The molecule has 1 N–H and O–H groups in total. The van der Waals surface area contributed by atoms with Crippen molar-refractivity contribution in [1.82, 2.24) is 10.2 Å². The number of hydrogen-bond donors (Lipinski definition) is 1. The van der Waals surface area contributed by atoms with E-state index in [2.05, 4.69) is 83.3 Å². The van der Waals surface area contributed by atoms with E-state index in [1.807, 2.05) is 6.08 Å². The van der Waals surface area contributed by atoms with Crippen LogP contribution < -0.4 is 5.32 Å². The molecule has 1 saturated heterocycles. The van der Waals surface area contributed by atoms with Crippen molar-refractivity contribution in [1.29, 1.82) is 5.26 Å². The van der Waals surface area contributed by atoms with Crippen LogP contribution in [0, 0.1) is 23.3 Å². The monoisotopic (exact) mass is 382 g/mol. The molecule has 1 aromatic carbocycles. The van der Waals surface area contributed by atoms with E-state index in [-0.39, 0.29) is 12.2 Å². The fraction of sp³-hybridized carbons (Fsp3) is 0.333. The van der Waals surface area contributed by atoms with Gasteiger partial charge < -0.3 is 4.90 Å². The zero-order valence-electron chi connectivity index (χ0n) is 16.5. The van der Waals surface area contributed by atoms with Crippen LogP contribution in [0.3, 0.4) is 0 Å². The number of nitriles is 1. The van der Waals surface area contributed by atoms with Crippen molar-refractivity contribution in [2.45, 2.75) is 38.4 Å². The molecule has 5 rings (SSSR count). The Labute approximate surface area is 171 Å². The highest BCUT2D eigenvalue weighted by atomic mass is 15.3. The number of piperidine rings is 1. The minimum atomic E-state index is -0.407. The molecule has 5 heteroatoms. The third kappa shape index (κ3) is 2.87. The lowest BCUT2D eigenvalue weighted by atomic mass is 9.73. The third-order valence-corrected chi connectivity index (χ3v) is 6.47. The quantitative estimate of drug-likeness (QED) is 0.812. The van der Waals surface area contributed by atoms with E-state index >= 15 is 0 Å². The van der Waals surface area contributed by atoms with E-state index in [1.54, 1.807) is 0 Å². The van der Waals surface area contributed by atoms with Gasteiger partial charge >= 0.3 is 0 Å². The zero-order valence-corrected chi connectivity index (χ0v) is 16.5. The maximum absolute atomic E-state index is 9.55. The standard InChI is InChI=1S/C24H24N5/c1-2-24(22-27-20-10-5-6-11-21(20)28-22)12-7-13-29(23(24)26-16-25)19-14-17-8-3-4-9-18(17)15-19/h3-6,8-12,14,20,22,27H,2,7,13,15H2,1H3. The number of hydrogen-bond acceptors (Lipinski definition) is 4. The molecule has 5 nitrogen and oxygen atoms in total. The van der Waals surface area contributed by atoms with Crippen LogP contribution in [0.1, 0.15) is 30.9 Å². The second-order valence-electron chi connectivity index (χ2n) is 7.93. The summed E-state index contributed by atoms with van der Waals surface area (Å²) in [4.78, 5) is 11.7. The van der Waals surface area contributed by atoms with E-state index in [0.717, 1.165) is 37.4 Å². The molecule has 29 heavy (non-hydrogen) atoms. The first-order chi connectivity index (χ1) is 14.2. The minimum absolute atomic E-state index is 0.126. The Kier molecular flexibility index (Phi) is 4.44. The van der Waals surface area contributed by atoms with Gasteiger partial charge in [0.2, 0.25) is 6.19 Å². The fourth-order valence-corrected chi connectivity index (χ4v) is 4.97. The number of benzene rings is 1. The Balaban J connectivity index is 1.52. The smallest absolute Gasteiger partial charge is 0.207 e. The summed E-state index contributed by atoms with van der Waals surface area (Å²) in [5.74, 6) is 0.821. The van der Waals surface area contributed by atoms with Crippen LogP contribution in [-0.4, -0.2) is 35.2 Å². The first kappa shape index (κ1) is 18.1. The predicted octanol–water partition coefficient (Wildman–Crippen LogP) is 3.63. The van der Waals surface area contributed by atoms with Crippen LogP contribution in [0.2, 0.25) is 0 Å². The summed E-state index contributed by atoms with van der Waals surface area (Å²) in [7, 11) is 0. The average molecular weight is 382 g/mol. The molecule has 4 aliphatic rings. The van der Waals surface area contributed by atoms with Crippen LogP contribution in [0.25, 0.3) is 6.08 Å². The van der Waals surface area contributed by atoms with Crippen LogP contribution in [-0.2, 0) is 6.42 Å². The fourth-order valence-electron chi connectivity index (χ4n) is 4.97. The molecule has 145 valence electrons. The van der Waals surface area contributed by atoms with Crippen molar-refractivity contribution in [3.63, 3.8) is 0 Å². The molecule has 0 amide bonds. The highest BCUT2D eigenvalue weighted by molar-refractivity contribution is 6.04. The number of amidine groups is 1. The van der Waals surface area contributed by atoms with E-state index in [9.17, 15) is 5.26 Å². The van der Waals surface area contributed by atoms with E-state index < -0.39 is 5.41 Å². The number of likely N-dealkylation sites (tertiary alicyclic amines) is 1. The van der Waals surface area contributed by atoms with Crippen molar-refractivity contribution in [3.8, 4) is 6.19 Å². The molecular weight excluding hydrogens is 358 g/mol. The summed E-state index contributed by atoms with van der Waals surface area (Å²) in [5.41, 5.74) is 4.45. The van der Waals surface area contributed by atoms with Crippen molar-refractivity contribution >= 4 is 17.6 Å². The highest BCUT2D eigenvalue weighted by Gasteiger charge is 2.50. The molecule has 1 aromatic rings. The topological polar surface area (TPSA) is 63.8 Å². The third-order valence-electron chi connectivity index (χ3n) is 6.47. The summed E-state index contributed by atoms with van der Waals surface area (Å²) in [6, 6.07) is 8.62. The molecule has 3 unspecified atom stereocenters. The summed E-state index contributed by atoms with van der Waals surface area (Å²) >= 11 is 0. The Morgan fingerprint density at radius 2 is 2.24 bits per heavy atom. The van der Waals surface area contributed by atoms with Crippen molar-refractivity contribution in [2.24, 2.45) is 15.4 Å². The maximum Gasteiger partial charge on any atom is 0.207 e. The predicted molar refractivity (Wildman–Crippen MR) is 116 cm³/mol. The van der Waals surface area contributed by atoms with Crippen LogP contribution in [0.4, 0.5) is 0 Å². The van der Waals surface area contributed by atoms with E-state index in [4.69, 9.17) is 4.99 Å². The number of allylic oxidation sites excluding steroid dienone is 3. The lowest BCUT2D eigenvalue weighted by molar-refractivity contribution is 0.265. The average Bonchev–Trinajstić information content (AvgIpc) is 3.38. The lowest BCUT2D eigenvalue weighted by Crippen LogP contribution is -2.57.